The molecule has 0 radical (unpaired) electrons. The molecule has 1 aromatic heterocycles. The molecule has 0 fully saturated rings. The largest absolute Gasteiger partial charge is 0.319 e. The predicted octanol–water partition coefficient (Wildman–Crippen LogP) is 3.17. The third kappa shape index (κ3) is 2.58. The van der Waals surface area contributed by atoms with Gasteiger partial charge in [0.2, 0.25) is 0 Å². The van der Waals surface area contributed by atoms with E-state index in [1.165, 1.54) is 24.0 Å². The van der Waals surface area contributed by atoms with Crippen LogP contribution >= 0.6 is 0 Å². The first-order chi connectivity index (χ1) is 10.1. The van der Waals surface area contributed by atoms with E-state index in [2.05, 4.69) is 16.5 Å². The highest BCUT2D eigenvalue weighted by Gasteiger charge is 2.16. The molecule has 1 aliphatic rings. The predicted molar refractivity (Wildman–Crippen MR) is 83.7 cm³/mol. The van der Waals surface area contributed by atoms with Gasteiger partial charge in [-0.05, 0) is 62.8 Å². The number of benzene rings is 1. The zero-order valence-corrected chi connectivity index (χ0v) is 12.9. The smallest absolute Gasteiger partial charge is 0.255 e. The second-order valence-corrected chi connectivity index (χ2v) is 5.81. The molecule has 0 spiro atoms. The minimum atomic E-state index is -0.0532. The highest BCUT2D eigenvalue weighted by Crippen LogP contribution is 2.24. The number of aromatic nitrogens is 2. The second kappa shape index (κ2) is 5.35. The fraction of sp³-hybridized carbons (Fsp3) is 0.412. The van der Waals surface area contributed by atoms with Gasteiger partial charge in [0.25, 0.3) is 5.91 Å². The molecule has 0 saturated carbocycles. The Morgan fingerprint density at radius 3 is 2.57 bits per heavy atom. The average molecular weight is 283 g/mol. The van der Waals surface area contributed by atoms with Crippen LogP contribution in [0.2, 0.25) is 0 Å². The van der Waals surface area contributed by atoms with Gasteiger partial charge >= 0.3 is 0 Å². The molecule has 1 heterocycles. The molecule has 1 aromatic carbocycles. The average Bonchev–Trinajstić information content (AvgIpc) is 2.73. The molecule has 1 amide bonds. The maximum Gasteiger partial charge on any atom is 0.255 e. The monoisotopic (exact) mass is 283 g/mol. The molecule has 4 nitrogen and oxygen atoms in total. The molecule has 110 valence electrons. The van der Waals surface area contributed by atoms with E-state index in [0.717, 1.165) is 35.5 Å². The van der Waals surface area contributed by atoms with Gasteiger partial charge in [0.15, 0.2) is 0 Å². The molecule has 21 heavy (non-hydrogen) atoms. The minimum absolute atomic E-state index is 0.0532. The molecule has 0 atom stereocenters. The summed E-state index contributed by atoms with van der Waals surface area (Å²) in [5, 5.41) is 7.33. The first kappa shape index (κ1) is 13.9. The van der Waals surface area contributed by atoms with Gasteiger partial charge < -0.3 is 5.32 Å². The maximum atomic E-state index is 12.5. The second-order valence-electron chi connectivity index (χ2n) is 5.81. The molecule has 4 heteroatoms. The standard InChI is InChI=1S/C17H21N3O/c1-11-16(12(2)20(3)19-11)18-17(21)15-9-8-13-6-4-5-7-14(13)10-15/h8-10H,4-7H2,1-3H3,(H,18,21). The van der Waals surface area contributed by atoms with Gasteiger partial charge in [0.05, 0.1) is 17.1 Å². The van der Waals surface area contributed by atoms with Crippen molar-refractivity contribution in [2.45, 2.75) is 39.5 Å². The molecule has 1 aliphatic carbocycles. The van der Waals surface area contributed by atoms with E-state index in [0.29, 0.717) is 0 Å². The van der Waals surface area contributed by atoms with E-state index in [1.54, 1.807) is 4.68 Å². The quantitative estimate of drug-likeness (QED) is 0.920. The molecule has 0 aliphatic heterocycles. The number of fused-ring (bicyclic) bond motifs is 1. The Morgan fingerprint density at radius 1 is 1.19 bits per heavy atom. The minimum Gasteiger partial charge on any atom is -0.319 e. The number of nitrogens with zero attached hydrogens (tertiary/aromatic N) is 2. The van der Waals surface area contributed by atoms with Crippen molar-refractivity contribution in [2.24, 2.45) is 7.05 Å². The number of carbonyl (C=O) groups is 1. The normalized spacial score (nSPS) is 13.9. The molecular weight excluding hydrogens is 262 g/mol. The molecule has 0 bridgehead atoms. The summed E-state index contributed by atoms with van der Waals surface area (Å²) in [4.78, 5) is 12.5. The highest BCUT2D eigenvalue weighted by atomic mass is 16.1. The fourth-order valence-electron chi connectivity index (χ4n) is 3.01. The third-order valence-corrected chi connectivity index (χ3v) is 4.36. The lowest BCUT2D eigenvalue weighted by molar-refractivity contribution is 0.102. The fourth-order valence-corrected chi connectivity index (χ4v) is 3.01. The van der Waals surface area contributed by atoms with Crippen LogP contribution in [-0.4, -0.2) is 15.7 Å². The van der Waals surface area contributed by atoms with E-state index < -0.39 is 0 Å². The number of carbonyl (C=O) groups excluding carboxylic acids is 1. The Labute approximate surface area is 125 Å². The summed E-state index contributed by atoms with van der Waals surface area (Å²) in [5.74, 6) is -0.0532. The molecule has 1 N–H and O–H groups in total. The number of rotatable bonds is 2. The third-order valence-electron chi connectivity index (χ3n) is 4.36. The molecule has 2 aromatic rings. The number of hydrogen-bond donors (Lipinski definition) is 1. The van der Waals surface area contributed by atoms with Crippen molar-refractivity contribution in [3.63, 3.8) is 0 Å². The van der Waals surface area contributed by atoms with Gasteiger partial charge in [-0.2, -0.15) is 5.10 Å². The molecule has 0 saturated heterocycles. The Morgan fingerprint density at radius 2 is 1.90 bits per heavy atom. The molecule has 3 rings (SSSR count). The van der Waals surface area contributed by atoms with Crippen LogP contribution in [0.5, 0.6) is 0 Å². The summed E-state index contributed by atoms with van der Waals surface area (Å²) in [6, 6.07) is 6.08. The van der Waals surface area contributed by atoms with Crippen LogP contribution in [0.15, 0.2) is 18.2 Å². The first-order valence-corrected chi connectivity index (χ1v) is 7.49. The van der Waals surface area contributed by atoms with Crippen molar-refractivity contribution >= 4 is 11.6 Å². The van der Waals surface area contributed by atoms with Gasteiger partial charge in [-0.1, -0.05) is 6.07 Å². The van der Waals surface area contributed by atoms with Crippen molar-refractivity contribution in [1.82, 2.24) is 9.78 Å². The van der Waals surface area contributed by atoms with Crippen molar-refractivity contribution in [1.29, 1.82) is 0 Å². The Kier molecular flexibility index (Phi) is 3.53. The van der Waals surface area contributed by atoms with E-state index >= 15 is 0 Å². The first-order valence-electron chi connectivity index (χ1n) is 7.49. The van der Waals surface area contributed by atoms with Gasteiger partial charge in [-0.15, -0.1) is 0 Å². The van der Waals surface area contributed by atoms with Crippen LogP contribution in [0.25, 0.3) is 0 Å². The number of anilines is 1. The lowest BCUT2D eigenvalue weighted by atomic mass is 9.90. The van der Waals surface area contributed by atoms with E-state index in [-0.39, 0.29) is 5.91 Å². The Bertz CT molecular complexity index is 700. The number of aryl methyl sites for hydroxylation is 4. The Hall–Kier alpha value is -2.10. The van der Waals surface area contributed by atoms with Crippen molar-refractivity contribution < 1.29 is 4.79 Å². The van der Waals surface area contributed by atoms with E-state index in [9.17, 15) is 4.79 Å². The van der Waals surface area contributed by atoms with E-state index in [4.69, 9.17) is 0 Å². The SMILES string of the molecule is Cc1nn(C)c(C)c1NC(=O)c1ccc2c(c1)CCCC2. The summed E-state index contributed by atoms with van der Waals surface area (Å²) in [6.45, 7) is 3.87. The number of amides is 1. The summed E-state index contributed by atoms with van der Waals surface area (Å²) < 4.78 is 1.79. The number of nitrogens with one attached hydrogen (secondary N) is 1. The van der Waals surface area contributed by atoms with Crippen LogP contribution in [0.1, 0.15) is 45.7 Å². The van der Waals surface area contributed by atoms with Crippen LogP contribution in [0.3, 0.4) is 0 Å². The van der Waals surface area contributed by atoms with Crippen molar-refractivity contribution in [3.8, 4) is 0 Å². The summed E-state index contributed by atoms with van der Waals surface area (Å²) in [7, 11) is 1.89. The molecule has 0 unspecified atom stereocenters. The highest BCUT2D eigenvalue weighted by molar-refractivity contribution is 6.05. The van der Waals surface area contributed by atoms with Gasteiger partial charge in [-0.3, -0.25) is 9.48 Å². The van der Waals surface area contributed by atoms with Crippen molar-refractivity contribution in [2.75, 3.05) is 5.32 Å². The lowest BCUT2D eigenvalue weighted by Crippen LogP contribution is -2.14. The maximum absolute atomic E-state index is 12.5. The van der Waals surface area contributed by atoms with E-state index in [1.807, 2.05) is 33.0 Å². The van der Waals surface area contributed by atoms with Crippen LogP contribution < -0.4 is 5.32 Å². The van der Waals surface area contributed by atoms with Crippen molar-refractivity contribution in [3.05, 3.63) is 46.3 Å². The number of hydrogen-bond acceptors (Lipinski definition) is 2. The summed E-state index contributed by atoms with van der Waals surface area (Å²) >= 11 is 0. The summed E-state index contributed by atoms with van der Waals surface area (Å²) in [5.41, 5.74) is 6.10. The lowest BCUT2D eigenvalue weighted by Gasteiger charge is -2.16. The topological polar surface area (TPSA) is 46.9 Å². The zero-order chi connectivity index (χ0) is 15.0. The van der Waals surface area contributed by atoms with Crippen LogP contribution in [0.4, 0.5) is 5.69 Å². The Balaban J connectivity index is 1.85. The van der Waals surface area contributed by atoms with Gasteiger partial charge in [-0.25, -0.2) is 0 Å². The molecular formula is C17H21N3O. The van der Waals surface area contributed by atoms with Crippen LogP contribution in [0, 0.1) is 13.8 Å². The van der Waals surface area contributed by atoms with Gasteiger partial charge in [0, 0.05) is 12.6 Å². The van der Waals surface area contributed by atoms with Crippen LogP contribution in [-0.2, 0) is 19.9 Å². The summed E-state index contributed by atoms with van der Waals surface area (Å²) in [6.07, 6.45) is 4.70. The zero-order valence-electron chi connectivity index (χ0n) is 12.9. The van der Waals surface area contributed by atoms with Gasteiger partial charge in [0.1, 0.15) is 0 Å².